The SMILES string of the molecule is COc1cccc(N(C)c2ccc(CN)cc2Br)c1. The second-order valence-electron chi connectivity index (χ2n) is 4.25. The first-order valence-electron chi connectivity index (χ1n) is 6.02. The lowest BCUT2D eigenvalue weighted by molar-refractivity contribution is 0.415. The fraction of sp³-hybridized carbons (Fsp3) is 0.200. The van der Waals surface area contributed by atoms with Crippen molar-refractivity contribution in [3.05, 3.63) is 52.5 Å². The molecule has 0 saturated heterocycles. The molecule has 0 radical (unpaired) electrons. The van der Waals surface area contributed by atoms with Gasteiger partial charge in [-0.25, -0.2) is 0 Å². The van der Waals surface area contributed by atoms with E-state index in [1.54, 1.807) is 7.11 Å². The van der Waals surface area contributed by atoms with Gasteiger partial charge in [-0.2, -0.15) is 0 Å². The smallest absolute Gasteiger partial charge is 0.120 e. The summed E-state index contributed by atoms with van der Waals surface area (Å²) in [5.74, 6) is 0.846. The van der Waals surface area contributed by atoms with Gasteiger partial charge in [0.15, 0.2) is 0 Å². The van der Waals surface area contributed by atoms with Crippen LogP contribution in [0.3, 0.4) is 0 Å². The number of anilines is 2. The third-order valence-corrected chi connectivity index (χ3v) is 3.68. The highest BCUT2D eigenvalue weighted by Gasteiger charge is 2.09. The van der Waals surface area contributed by atoms with E-state index in [4.69, 9.17) is 10.5 Å². The summed E-state index contributed by atoms with van der Waals surface area (Å²) in [7, 11) is 3.70. The Morgan fingerprint density at radius 1 is 1.21 bits per heavy atom. The van der Waals surface area contributed by atoms with Crippen LogP contribution < -0.4 is 15.4 Å². The minimum absolute atomic E-state index is 0.543. The molecular formula is C15H17BrN2O. The molecule has 0 aliphatic rings. The van der Waals surface area contributed by atoms with Crippen LogP contribution in [-0.2, 0) is 6.54 Å². The van der Waals surface area contributed by atoms with Gasteiger partial charge in [0.1, 0.15) is 5.75 Å². The summed E-state index contributed by atoms with van der Waals surface area (Å²) in [4.78, 5) is 2.10. The number of methoxy groups -OCH3 is 1. The number of benzene rings is 2. The van der Waals surface area contributed by atoms with E-state index in [0.29, 0.717) is 6.54 Å². The van der Waals surface area contributed by atoms with E-state index in [1.807, 2.05) is 43.4 Å². The number of nitrogens with two attached hydrogens (primary N) is 1. The van der Waals surface area contributed by atoms with E-state index in [0.717, 1.165) is 27.2 Å². The molecule has 0 atom stereocenters. The van der Waals surface area contributed by atoms with Gasteiger partial charge in [-0.1, -0.05) is 12.1 Å². The van der Waals surface area contributed by atoms with Crippen molar-refractivity contribution in [1.29, 1.82) is 0 Å². The van der Waals surface area contributed by atoms with Crippen molar-refractivity contribution in [3.8, 4) is 5.75 Å². The normalized spacial score (nSPS) is 10.3. The summed E-state index contributed by atoms with van der Waals surface area (Å²) >= 11 is 3.59. The Labute approximate surface area is 122 Å². The van der Waals surface area contributed by atoms with E-state index < -0.39 is 0 Å². The molecule has 0 saturated carbocycles. The highest BCUT2D eigenvalue weighted by atomic mass is 79.9. The van der Waals surface area contributed by atoms with Gasteiger partial charge >= 0.3 is 0 Å². The van der Waals surface area contributed by atoms with Crippen molar-refractivity contribution in [2.75, 3.05) is 19.1 Å². The molecule has 0 spiro atoms. The van der Waals surface area contributed by atoms with Gasteiger partial charge < -0.3 is 15.4 Å². The van der Waals surface area contributed by atoms with Crippen LogP contribution in [0.1, 0.15) is 5.56 Å². The molecule has 3 nitrogen and oxygen atoms in total. The molecule has 19 heavy (non-hydrogen) atoms. The van der Waals surface area contributed by atoms with Crippen molar-refractivity contribution in [2.24, 2.45) is 5.73 Å². The first kappa shape index (κ1) is 13.9. The molecule has 0 aliphatic carbocycles. The monoisotopic (exact) mass is 320 g/mol. The molecule has 2 aromatic rings. The van der Waals surface area contributed by atoms with Crippen molar-refractivity contribution in [2.45, 2.75) is 6.54 Å². The Kier molecular flexibility index (Phi) is 4.45. The summed E-state index contributed by atoms with van der Waals surface area (Å²) in [6, 6.07) is 14.1. The Morgan fingerprint density at radius 3 is 2.63 bits per heavy atom. The summed E-state index contributed by atoms with van der Waals surface area (Å²) in [6.07, 6.45) is 0. The zero-order chi connectivity index (χ0) is 13.8. The first-order valence-corrected chi connectivity index (χ1v) is 6.81. The number of nitrogens with zero attached hydrogens (tertiary/aromatic N) is 1. The van der Waals surface area contributed by atoms with Gasteiger partial charge in [-0.05, 0) is 45.8 Å². The molecule has 0 aliphatic heterocycles. The predicted octanol–water partition coefficient (Wildman–Crippen LogP) is 3.68. The number of halogens is 1. The highest BCUT2D eigenvalue weighted by molar-refractivity contribution is 9.10. The third-order valence-electron chi connectivity index (χ3n) is 3.05. The summed E-state index contributed by atoms with van der Waals surface area (Å²) in [6.45, 7) is 0.543. The van der Waals surface area contributed by atoms with Crippen LogP contribution in [0.4, 0.5) is 11.4 Å². The number of ether oxygens (including phenoxy) is 1. The maximum absolute atomic E-state index is 5.64. The number of rotatable bonds is 4. The maximum Gasteiger partial charge on any atom is 0.120 e. The minimum atomic E-state index is 0.543. The van der Waals surface area contributed by atoms with Crippen molar-refractivity contribution in [1.82, 2.24) is 0 Å². The zero-order valence-electron chi connectivity index (χ0n) is 11.1. The highest BCUT2D eigenvalue weighted by Crippen LogP contribution is 2.32. The van der Waals surface area contributed by atoms with Gasteiger partial charge in [0.05, 0.1) is 12.8 Å². The van der Waals surface area contributed by atoms with Crippen LogP contribution in [-0.4, -0.2) is 14.2 Å². The van der Waals surface area contributed by atoms with Crippen molar-refractivity contribution in [3.63, 3.8) is 0 Å². The molecule has 0 fully saturated rings. The lowest BCUT2D eigenvalue weighted by Crippen LogP contribution is -2.10. The Hall–Kier alpha value is -1.52. The van der Waals surface area contributed by atoms with Crippen LogP contribution in [0, 0.1) is 0 Å². The van der Waals surface area contributed by atoms with Crippen molar-refractivity contribution < 1.29 is 4.74 Å². The lowest BCUT2D eigenvalue weighted by atomic mass is 10.2. The van der Waals surface area contributed by atoms with Crippen LogP contribution in [0.25, 0.3) is 0 Å². The summed E-state index contributed by atoms with van der Waals surface area (Å²) in [5, 5.41) is 0. The number of hydrogen-bond donors (Lipinski definition) is 1. The van der Waals surface area contributed by atoms with Crippen LogP contribution in [0.15, 0.2) is 46.9 Å². The molecule has 0 amide bonds. The molecule has 0 aromatic heterocycles. The molecule has 4 heteroatoms. The summed E-state index contributed by atoms with van der Waals surface area (Å²) in [5.41, 5.74) is 8.91. The van der Waals surface area contributed by atoms with E-state index >= 15 is 0 Å². The molecule has 0 unspecified atom stereocenters. The standard InChI is InChI=1S/C15H17BrN2O/c1-18(12-4-3-5-13(9-12)19-2)15-7-6-11(10-17)8-14(15)16/h3-9H,10,17H2,1-2H3. The van der Waals surface area contributed by atoms with Gasteiger partial charge in [0, 0.05) is 29.8 Å². The zero-order valence-corrected chi connectivity index (χ0v) is 12.6. The fourth-order valence-electron chi connectivity index (χ4n) is 1.91. The largest absolute Gasteiger partial charge is 0.497 e. The summed E-state index contributed by atoms with van der Waals surface area (Å²) < 4.78 is 6.28. The van der Waals surface area contributed by atoms with Crippen LogP contribution >= 0.6 is 15.9 Å². The van der Waals surface area contributed by atoms with E-state index in [-0.39, 0.29) is 0 Å². The quantitative estimate of drug-likeness (QED) is 0.933. The molecule has 0 heterocycles. The average Bonchev–Trinajstić information content (AvgIpc) is 2.46. The molecule has 0 bridgehead atoms. The van der Waals surface area contributed by atoms with E-state index in [1.165, 1.54) is 0 Å². The van der Waals surface area contributed by atoms with E-state index in [9.17, 15) is 0 Å². The first-order chi connectivity index (χ1) is 9.15. The average molecular weight is 321 g/mol. The van der Waals surface area contributed by atoms with Crippen LogP contribution in [0.5, 0.6) is 5.75 Å². The molecule has 2 aromatic carbocycles. The molecular weight excluding hydrogens is 304 g/mol. The van der Waals surface area contributed by atoms with Gasteiger partial charge in [0.2, 0.25) is 0 Å². The van der Waals surface area contributed by atoms with Crippen LogP contribution in [0.2, 0.25) is 0 Å². The minimum Gasteiger partial charge on any atom is -0.497 e. The van der Waals surface area contributed by atoms with Crippen molar-refractivity contribution >= 4 is 27.3 Å². The number of hydrogen-bond acceptors (Lipinski definition) is 3. The second-order valence-corrected chi connectivity index (χ2v) is 5.10. The Morgan fingerprint density at radius 2 is 2.00 bits per heavy atom. The second kappa shape index (κ2) is 6.08. The molecule has 100 valence electrons. The topological polar surface area (TPSA) is 38.5 Å². The Balaban J connectivity index is 2.35. The van der Waals surface area contributed by atoms with E-state index in [2.05, 4.69) is 26.9 Å². The maximum atomic E-state index is 5.64. The third kappa shape index (κ3) is 3.08. The molecule has 2 N–H and O–H groups in total. The Bertz CT molecular complexity index is 572. The lowest BCUT2D eigenvalue weighted by Gasteiger charge is -2.22. The predicted molar refractivity (Wildman–Crippen MR) is 83.1 cm³/mol. The van der Waals surface area contributed by atoms with Gasteiger partial charge in [0.25, 0.3) is 0 Å². The fourth-order valence-corrected chi connectivity index (χ4v) is 2.60. The molecule has 2 rings (SSSR count). The van der Waals surface area contributed by atoms with Gasteiger partial charge in [-0.15, -0.1) is 0 Å². The van der Waals surface area contributed by atoms with Gasteiger partial charge in [-0.3, -0.25) is 0 Å².